The molecular weight excluding hydrogens is 394 g/mol. The van der Waals surface area contributed by atoms with Gasteiger partial charge in [0.15, 0.2) is 13.1 Å². The number of carbonyl (C=O) groups is 2. The molecule has 3 N–H and O–H groups in total. The third-order valence-corrected chi connectivity index (χ3v) is 4.67. The van der Waals surface area contributed by atoms with Crippen molar-refractivity contribution in [2.24, 2.45) is 0 Å². The molecule has 1 unspecified atom stereocenters. The predicted octanol–water partition coefficient (Wildman–Crippen LogP) is 2.47. The van der Waals surface area contributed by atoms with E-state index in [1.54, 1.807) is 0 Å². The van der Waals surface area contributed by atoms with Gasteiger partial charge in [0.1, 0.15) is 0 Å². The Kier molecular flexibility index (Phi) is 6.94. The van der Waals surface area contributed by atoms with Crippen LogP contribution in [0.4, 0.5) is 11.4 Å². The first-order chi connectivity index (χ1) is 12.2. The van der Waals surface area contributed by atoms with Crippen LogP contribution in [0.1, 0.15) is 16.7 Å². The lowest BCUT2D eigenvalue weighted by molar-refractivity contribution is -0.862. The zero-order chi connectivity index (χ0) is 19.3. The third kappa shape index (κ3) is 5.97. The van der Waals surface area contributed by atoms with E-state index >= 15 is 0 Å². The van der Waals surface area contributed by atoms with Crippen LogP contribution in [0, 0.1) is 20.8 Å². The fourth-order valence-electron chi connectivity index (χ4n) is 2.60. The smallest absolute Gasteiger partial charge is 0.279 e. The molecule has 2 amide bonds. The topological polar surface area (TPSA) is 62.6 Å². The molecule has 138 valence electrons. The van der Waals surface area contributed by atoms with Gasteiger partial charge in [0.25, 0.3) is 11.8 Å². The summed E-state index contributed by atoms with van der Waals surface area (Å²) in [6.07, 6.45) is 0. The van der Waals surface area contributed by atoms with Crippen LogP contribution in [0.3, 0.4) is 0 Å². The molecule has 26 heavy (non-hydrogen) atoms. The highest BCUT2D eigenvalue weighted by molar-refractivity contribution is 9.10. The normalized spacial score (nSPS) is 11.7. The molecule has 2 aromatic carbocycles. The second-order valence-corrected chi connectivity index (χ2v) is 7.58. The minimum Gasteiger partial charge on any atom is -0.322 e. The van der Waals surface area contributed by atoms with Gasteiger partial charge >= 0.3 is 0 Å². The fraction of sp³-hybridized carbons (Fsp3) is 0.300. The number of aryl methyl sites for hydroxylation is 3. The molecule has 0 bridgehead atoms. The van der Waals surface area contributed by atoms with E-state index < -0.39 is 0 Å². The summed E-state index contributed by atoms with van der Waals surface area (Å²) < 4.78 is 0.971. The second-order valence-electron chi connectivity index (χ2n) is 6.67. The zero-order valence-electron chi connectivity index (χ0n) is 15.6. The van der Waals surface area contributed by atoms with Gasteiger partial charge in [0, 0.05) is 15.8 Å². The number of quaternary nitrogens is 1. The minimum absolute atomic E-state index is 0.113. The largest absolute Gasteiger partial charge is 0.322 e. The van der Waals surface area contributed by atoms with Gasteiger partial charge in [-0.15, -0.1) is 0 Å². The first-order valence-corrected chi connectivity index (χ1v) is 9.28. The maximum absolute atomic E-state index is 12.2. The lowest BCUT2D eigenvalue weighted by Gasteiger charge is -2.15. The van der Waals surface area contributed by atoms with Gasteiger partial charge in [-0.05, 0) is 67.8 Å². The van der Waals surface area contributed by atoms with Crippen molar-refractivity contribution < 1.29 is 14.5 Å². The van der Waals surface area contributed by atoms with Crippen molar-refractivity contribution in [1.29, 1.82) is 0 Å². The van der Waals surface area contributed by atoms with Crippen LogP contribution in [-0.4, -0.2) is 32.0 Å². The van der Waals surface area contributed by atoms with Crippen molar-refractivity contribution in [3.8, 4) is 0 Å². The molecule has 2 aromatic rings. The number of hydrogen-bond donors (Lipinski definition) is 3. The predicted molar refractivity (Wildman–Crippen MR) is 109 cm³/mol. The molecule has 0 saturated heterocycles. The van der Waals surface area contributed by atoms with Crippen molar-refractivity contribution in [2.75, 3.05) is 30.8 Å². The molecule has 0 aliphatic heterocycles. The van der Waals surface area contributed by atoms with Gasteiger partial charge in [-0.2, -0.15) is 0 Å². The summed E-state index contributed by atoms with van der Waals surface area (Å²) in [5.74, 6) is -0.231. The Morgan fingerprint density at radius 1 is 0.885 bits per heavy atom. The van der Waals surface area contributed by atoms with Gasteiger partial charge in [0.2, 0.25) is 0 Å². The SMILES string of the molecule is Cc1ccc(NC(=O)C[NH+](C)CC(=O)Nc2ccc(Br)cc2C)cc1C. The Morgan fingerprint density at radius 2 is 1.54 bits per heavy atom. The molecule has 0 fully saturated rings. The van der Waals surface area contributed by atoms with Gasteiger partial charge in [-0.1, -0.05) is 22.0 Å². The summed E-state index contributed by atoms with van der Waals surface area (Å²) in [6, 6.07) is 11.5. The van der Waals surface area contributed by atoms with Crippen molar-refractivity contribution in [2.45, 2.75) is 20.8 Å². The number of carbonyl (C=O) groups excluding carboxylic acids is 2. The Bertz CT molecular complexity index is 821. The maximum Gasteiger partial charge on any atom is 0.279 e. The van der Waals surface area contributed by atoms with E-state index in [9.17, 15) is 9.59 Å². The number of likely N-dealkylation sites (N-methyl/N-ethyl adjacent to an activating group) is 1. The Labute approximate surface area is 162 Å². The quantitative estimate of drug-likeness (QED) is 0.674. The van der Waals surface area contributed by atoms with Crippen LogP contribution in [0.2, 0.25) is 0 Å². The first-order valence-electron chi connectivity index (χ1n) is 8.49. The number of benzene rings is 2. The molecule has 6 heteroatoms. The Balaban J connectivity index is 1.84. The van der Waals surface area contributed by atoms with Crippen LogP contribution < -0.4 is 15.5 Å². The molecule has 0 aliphatic carbocycles. The summed E-state index contributed by atoms with van der Waals surface area (Å²) in [4.78, 5) is 25.2. The molecular formula is C20H25BrN3O2+. The fourth-order valence-corrected chi connectivity index (χ4v) is 3.07. The van der Waals surface area contributed by atoms with Crippen molar-refractivity contribution >= 4 is 39.1 Å². The van der Waals surface area contributed by atoms with Crippen LogP contribution in [0.25, 0.3) is 0 Å². The number of nitrogens with one attached hydrogen (secondary N) is 3. The molecule has 5 nitrogen and oxygen atoms in total. The number of halogens is 1. The summed E-state index contributed by atoms with van der Waals surface area (Å²) >= 11 is 3.40. The van der Waals surface area contributed by atoms with Crippen LogP contribution in [0.15, 0.2) is 40.9 Å². The zero-order valence-corrected chi connectivity index (χ0v) is 17.2. The molecule has 0 aliphatic rings. The minimum atomic E-state index is -0.119. The average Bonchev–Trinajstić information content (AvgIpc) is 2.53. The van der Waals surface area contributed by atoms with Gasteiger partial charge in [-0.25, -0.2) is 0 Å². The highest BCUT2D eigenvalue weighted by Crippen LogP contribution is 2.19. The molecule has 0 saturated carbocycles. The summed E-state index contributed by atoms with van der Waals surface area (Å²) in [6.45, 7) is 6.42. The van der Waals surface area contributed by atoms with Gasteiger partial charge < -0.3 is 15.5 Å². The van der Waals surface area contributed by atoms with E-state index in [1.165, 1.54) is 5.56 Å². The standard InChI is InChI=1S/C20H24BrN3O2/c1-13-5-7-17(10-14(13)2)22-19(25)11-24(4)12-20(26)23-18-8-6-16(21)9-15(18)3/h5-10H,11-12H2,1-4H3,(H,22,25)(H,23,26)/p+1. The summed E-state index contributed by atoms with van der Waals surface area (Å²) in [5.41, 5.74) is 4.86. The van der Waals surface area contributed by atoms with Crippen molar-refractivity contribution in [1.82, 2.24) is 0 Å². The van der Waals surface area contributed by atoms with Crippen LogP contribution >= 0.6 is 15.9 Å². The van der Waals surface area contributed by atoms with E-state index in [2.05, 4.69) is 26.6 Å². The van der Waals surface area contributed by atoms with Crippen molar-refractivity contribution in [3.63, 3.8) is 0 Å². The molecule has 2 rings (SSSR count). The maximum atomic E-state index is 12.2. The van der Waals surface area contributed by atoms with Gasteiger partial charge in [-0.3, -0.25) is 9.59 Å². The average molecular weight is 419 g/mol. The first kappa shape index (κ1) is 20.1. The molecule has 0 spiro atoms. The van der Waals surface area contributed by atoms with E-state index in [4.69, 9.17) is 0 Å². The summed E-state index contributed by atoms with van der Waals surface area (Å²) in [7, 11) is 1.83. The number of hydrogen-bond acceptors (Lipinski definition) is 2. The van der Waals surface area contributed by atoms with Gasteiger partial charge in [0.05, 0.1) is 7.05 Å². The van der Waals surface area contributed by atoms with E-state index in [-0.39, 0.29) is 24.9 Å². The highest BCUT2D eigenvalue weighted by Gasteiger charge is 2.15. The van der Waals surface area contributed by atoms with Crippen molar-refractivity contribution in [3.05, 3.63) is 57.6 Å². The summed E-state index contributed by atoms with van der Waals surface area (Å²) in [5, 5.41) is 5.78. The number of amides is 2. The molecule has 0 aromatic heterocycles. The number of anilines is 2. The number of rotatable bonds is 6. The van der Waals surface area contributed by atoms with Crippen LogP contribution in [-0.2, 0) is 9.59 Å². The van der Waals surface area contributed by atoms with E-state index in [1.807, 2.05) is 64.2 Å². The highest BCUT2D eigenvalue weighted by atomic mass is 79.9. The Hall–Kier alpha value is -2.18. The molecule has 1 atom stereocenters. The monoisotopic (exact) mass is 418 g/mol. The molecule has 0 radical (unpaired) electrons. The third-order valence-electron chi connectivity index (χ3n) is 4.18. The second kappa shape index (κ2) is 8.96. The lowest BCUT2D eigenvalue weighted by Crippen LogP contribution is -3.11. The lowest BCUT2D eigenvalue weighted by atomic mass is 10.1. The Morgan fingerprint density at radius 3 is 2.15 bits per heavy atom. The van der Waals surface area contributed by atoms with E-state index in [0.29, 0.717) is 0 Å². The van der Waals surface area contributed by atoms with Crippen LogP contribution in [0.5, 0.6) is 0 Å². The molecule has 0 heterocycles. The van der Waals surface area contributed by atoms with E-state index in [0.717, 1.165) is 31.9 Å².